The van der Waals surface area contributed by atoms with Gasteiger partial charge in [0.2, 0.25) is 0 Å². The maximum absolute atomic E-state index is 12.6. The largest absolute Gasteiger partial charge is 0.480 e. The van der Waals surface area contributed by atoms with Crippen LogP contribution >= 0.6 is 0 Å². The molecule has 1 saturated heterocycles. The number of carboxylic acids is 1. The zero-order chi connectivity index (χ0) is 15.8. The molecule has 1 heterocycles. The first-order valence-corrected chi connectivity index (χ1v) is 7.17. The van der Waals surface area contributed by atoms with E-state index < -0.39 is 12.0 Å². The number of carbonyl (C=O) groups excluding carboxylic acids is 1. The van der Waals surface area contributed by atoms with Crippen molar-refractivity contribution >= 4 is 12.0 Å². The minimum atomic E-state index is -0.970. The number of carbonyl (C=O) groups is 2. The van der Waals surface area contributed by atoms with Crippen molar-refractivity contribution in [2.75, 3.05) is 33.4 Å². The van der Waals surface area contributed by atoms with Crippen molar-refractivity contribution in [1.29, 1.82) is 5.26 Å². The van der Waals surface area contributed by atoms with Gasteiger partial charge in [-0.2, -0.15) is 5.26 Å². The second-order valence-electron chi connectivity index (χ2n) is 5.27. The summed E-state index contributed by atoms with van der Waals surface area (Å²) >= 11 is 0. The van der Waals surface area contributed by atoms with Gasteiger partial charge in [-0.15, -0.1) is 0 Å². The normalized spacial score (nSPS) is 21.7. The Labute approximate surface area is 125 Å². The van der Waals surface area contributed by atoms with E-state index in [2.05, 4.69) is 0 Å². The zero-order valence-electron chi connectivity index (χ0n) is 12.6. The van der Waals surface area contributed by atoms with Crippen molar-refractivity contribution in [2.24, 2.45) is 5.92 Å². The van der Waals surface area contributed by atoms with Gasteiger partial charge in [0.1, 0.15) is 6.04 Å². The number of amides is 2. The molecule has 0 spiro atoms. The highest BCUT2D eigenvalue weighted by Crippen LogP contribution is 2.24. The van der Waals surface area contributed by atoms with Crippen molar-refractivity contribution in [3.8, 4) is 6.07 Å². The van der Waals surface area contributed by atoms with E-state index in [0.717, 1.165) is 12.8 Å². The molecule has 2 unspecified atom stereocenters. The molecule has 1 rings (SSSR count). The monoisotopic (exact) mass is 297 g/mol. The summed E-state index contributed by atoms with van der Waals surface area (Å²) in [7, 11) is 1.54. The smallest absolute Gasteiger partial charge is 0.326 e. The fourth-order valence-electron chi connectivity index (χ4n) is 2.65. The number of methoxy groups -OCH3 is 1. The van der Waals surface area contributed by atoms with E-state index in [1.54, 1.807) is 0 Å². The van der Waals surface area contributed by atoms with Gasteiger partial charge < -0.3 is 19.6 Å². The molecule has 1 fully saturated rings. The maximum Gasteiger partial charge on any atom is 0.326 e. The van der Waals surface area contributed by atoms with Crippen molar-refractivity contribution in [2.45, 2.75) is 32.2 Å². The number of piperidine rings is 1. The molecule has 0 aromatic carbocycles. The van der Waals surface area contributed by atoms with E-state index in [9.17, 15) is 14.7 Å². The fraction of sp³-hybridized carbons (Fsp3) is 0.786. The molecule has 0 aliphatic carbocycles. The molecule has 118 valence electrons. The summed E-state index contributed by atoms with van der Waals surface area (Å²) < 4.78 is 4.97. The van der Waals surface area contributed by atoms with E-state index in [1.165, 1.54) is 16.9 Å². The van der Waals surface area contributed by atoms with Crippen LogP contribution in [0.15, 0.2) is 0 Å². The summed E-state index contributed by atoms with van der Waals surface area (Å²) in [4.78, 5) is 27.0. The van der Waals surface area contributed by atoms with E-state index in [4.69, 9.17) is 10.00 Å². The van der Waals surface area contributed by atoms with Crippen LogP contribution in [0.4, 0.5) is 4.79 Å². The van der Waals surface area contributed by atoms with Gasteiger partial charge in [-0.1, -0.05) is 6.92 Å². The van der Waals surface area contributed by atoms with Gasteiger partial charge in [-0.3, -0.25) is 0 Å². The number of urea groups is 1. The lowest BCUT2D eigenvalue weighted by Gasteiger charge is -2.40. The van der Waals surface area contributed by atoms with Crippen molar-refractivity contribution in [3.63, 3.8) is 0 Å². The number of carboxylic acid groups (broad SMARTS) is 1. The molecular formula is C14H23N3O4. The molecule has 7 heteroatoms. The number of aliphatic carboxylic acids is 1. The van der Waals surface area contributed by atoms with Gasteiger partial charge in [0.05, 0.1) is 19.1 Å². The first-order chi connectivity index (χ1) is 10.0. The molecule has 21 heavy (non-hydrogen) atoms. The highest BCUT2D eigenvalue weighted by atomic mass is 16.5. The maximum atomic E-state index is 12.6. The lowest BCUT2D eigenvalue weighted by molar-refractivity contribution is -0.145. The standard InChI is InChI=1S/C14H23N3O4/c1-11-5-3-8-17(12(11)13(18)19)14(20)16(7-4-6-15)9-10-21-2/h11-12H,3-5,7-10H2,1-2H3,(H,18,19). The fourth-order valence-corrected chi connectivity index (χ4v) is 2.65. The Morgan fingerprint density at radius 2 is 2.19 bits per heavy atom. The molecule has 0 saturated carbocycles. The van der Waals surface area contributed by atoms with Gasteiger partial charge in [0.25, 0.3) is 0 Å². The Morgan fingerprint density at radius 3 is 2.76 bits per heavy atom. The molecule has 2 atom stereocenters. The van der Waals surface area contributed by atoms with E-state index >= 15 is 0 Å². The minimum Gasteiger partial charge on any atom is -0.480 e. The molecule has 2 amide bonds. The highest BCUT2D eigenvalue weighted by molar-refractivity contribution is 5.83. The molecule has 7 nitrogen and oxygen atoms in total. The minimum absolute atomic E-state index is 0.0690. The van der Waals surface area contributed by atoms with Crippen LogP contribution in [0.5, 0.6) is 0 Å². The topological polar surface area (TPSA) is 93.9 Å². The summed E-state index contributed by atoms with van der Waals surface area (Å²) in [5.74, 6) is -1.04. The van der Waals surface area contributed by atoms with Crippen LogP contribution < -0.4 is 0 Å². The number of hydrogen-bond donors (Lipinski definition) is 1. The number of nitriles is 1. The Kier molecular flexibility index (Phi) is 6.96. The van der Waals surface area contributed by atoms with Crippen LogP contribution in [-0.4, -0.2) is 66.3 Å². The number of nitrogens with zero attached hydrogens (tertiary/aromatic N) is 3. The van der Waals surface area contributed by atoms with Crippen molar-refractivity contribution in [3.05, 3.63) is 0 Å². The number of ether oxygens (including phenoxy) is 1. The predicted octanol–water partition coefficient (Wildman–Crippen LogP) is 1.15. The van der Waals surface area contributed by atoms with E-state index in [-0.39, 0.29) is 24.9 Å². The van der Waals surface area contributed by atoms with Crippen LogP contribution in [0.3, 0.4) is 0 Å². The third-order valence-corrected chi connectivity index (χ3v) is 3.76. The SMILES string of the molecule is COCCN(CCC#N)C(=O)N1CCCC(C)C1C(=O)O. The molecule has 1 aliphatic rings. The van der Waals surface area contributed by atoms with Gasteiger partial charge in [0.15, 0.2) is 0 Å². The number of rotatable bonds is 6. The zero-order valence-corrected chi connectivity index (χ0v) is 12.6. The van der Waals surface area contributed by atoms with Crippen LogP contribution in [0.1, 0.15) is 26.2 Å². The van der Waals surface area contributed by atoms with E-state index in [1.807, 2.05) is 13.0 Å². The van der Waals surface area contributed by atoms with Gasteiger partial charge in [0, 0.05) is 26.7 Å². The molecule has 1 N–H and O–H groups in total. The lowest BCUT2D eigenvalue weighted by Crippen LogP contribution is -2.56. The second kappa shape index (κ2) is 8.47. The predicted molar refractivity (Wildman–Crippen MR) is 75.6 cm³/mol. The average molecular weight is 297 g/mol. The molecule has 0 bridgehead atoms. The molecular weight excluding hydrogens is 274 g/mol. The van der Waals surface area contributed by atoms with Crippen LogP contribution in [0, 0.1) is 17.2 Å². The van der Waals surface area contributed by atoms with Crippen molar-refractivity contribution < 1.29 is 19.4 Å². The summed E-state index contributed by atoms with van der Waals surface area (Å²) in [6, 6.07) is 0.894. The molecule has 0 aromatic heterocycles. The first kappa shape index (κ1) is 17.2. The second-order valence-corrected chi connectivity index (χ2v) is 5.27. The third-order valence-electron chi connectivity index (χ3n) is 3.76. The van der Waals surface area contributed by atoms with Gasteiger partial charge in [-0.05, 0) is 18.8 Å². The van der Waals surface area contributed by atoms with Crippen LogP contribution in [0.25, 0.3) is 0 Å². The van der Waals surface area contributed by atoms with E-state index in [0.29, 0.717) is 19.7 Å². The van der Waals surface area contributed by atoms with Crippen LogP contribution in [0.2, 0.25) is 0 Å². The average Bonchev–Trinajstić information content (AvgIpc) is 2.46. The molecule has 1 aliphatic heterocycles. The lowest BCUT2D eigenvalue weighted by atomic mass is 9.91. The highest BCUT2D eigenvalue weighted by Gasteiger charge is 2.38. The Balaban J connectivity index is 2.83. The third kappa shape index (κ3) is 4.60. The Bertz CT molecular complexity index is 408. The van der Waals surface area contributed by atoms with Crippen molar-refractivity contribution in [1.82, 2.24) is 9.80 Å². The number of likely N-dealkylation sites (tertiary alicyclic amines) is 1. The summed E-state index contributed by atoms with van der Waals surface area (Å²) in [5.41, 5.74) is 0. The molecule has 0 aromatic rings. The summed E-state index contributed by atoms with van der Waals surface area (Å²) in [5, 5.41) is 18.1. The first-order valence-electron chi connectivity index (χ1n) is 7.17. The van der Waals surface area contributed by atoms with Gasteiger partial charge >= 0.3 is 12.0 Å². The number of hydrogen-bond acceptors (Lipinski definition) is 4. The Hall–Kier alpha value is -1.81. The molecule has 0 radical (unpaired) electrons. The summed E-state index contributed by atoms with van der Waals surface area (Å²) in [6.07, 6.45) is 1.82. The van der Waals surface area contributed by atoms with Crippen LogP contribution in [-0.2, 0) is 9.53 Å². The van der Waals surface area contributed by atoms with Gasteiger partial charge in [-0.25, -0.2) is 9.59 Å². The quantitative estimate of drug-likeness (QED) is 0.793. The summed E-state index contributed by atoms with van der Waals surface area (Å²) in [6.45, 7) is 3.30. The Morgan fingerprint density at radius 1 is 1.48 bits per heavy atom.